The second kappa shape index (κ2) is 7.30. The van der Waals surface area contributed by atoms with Gasteiger partial charge in [-0.15, -0.1) is 0 Å². The number of aliphatic carboxylic acids is 1. The van der Waals surface area contributed by atoms with Gasteiger partial charge in [-0.25, -0.2) is 4.79 Å². The van der Waals surface area contributed by atoms with Gasteiger partial charge in [0.1, 0.15) is 18.0 Å². The van der Waals surface area contributed by atoms with Crippen molar-refractivity contribution in [2.45, 2.75) is 44.6 Å². The first kappa shape index (κ1) is 17.3. The van der Waals surface area contributed by atoms with Gasteiger partial charge >= 0.3 is 5.97 Å². The zero-order valence-corrected chi connectivity index (χ0v) is 11.8. The van der Waals surface area contributed by atoms with E-state index in [0.717, 1.165) is 6.08 Å². The molecule has 8 nitrogen and oxygen atoms in total. The minimum Gasteiger partial charge on any atom is -0.478 e. The fraction of sp³-hybridized carbons (Fsp3) is 0.615. The number of aliphatic hydroxyl groups is 2. The van der Waals surface area contributed by atoms with E-state index in [4.69, 9.17) is 9.84 Å². The Morgan fingerprint density at radius 2 is 1.95 bits per heavy atom. The molecule has 1 heterocycles. The number of carboxylic acid groups (broad SMARTS) is 1. The van der Waals surface area contributed by atoms with Crippen molar-refractivity contribution in [3.63, 3.8) is 0 Å². The predicted octanol–water partition coefficient (Wildman–Crippen LogP) is -1.40. The fourth-order valence-electron chi connectivity index (χ4n) is 1.97. The average molecular weight is 301 g/mol. The number of Topliss-reactive ketones (excluding diaryl/α,β-unsaturated/α-hetero) is 1. The highest BCUT2D eigenvalue weighted by atomic mass is 16.5. The molecule has 1 aliphatic rings. The zero-order valence-electron chi connectivity index (χ0n) is 11.8. The number of amides is 1. The van der Waals surface area contributed by atoms with Crippen LogP contribution in [0.3, 0.4) is 0 Å². The van der Waals surface area contributed by atoms with E-state index in [9.17, 15) is 24.6 Å². The summed E-state index contributed by atoms with van der Waals surface area (Å²) in [6.07, 6.45) is -2.39. The fourth-order valence-corrected chi connectivity index (χ4v) is 1.97. The Morgan fingerprint density at radius 3 is 2.48 bits per heavy atom. The lowest BCUT2D eigenvalue weighted by atomic mass is 9.98. The summed E-state index contributed by atoms with van der Waals surface area (Å²) in [5.74, 6) is -2.57. The first-order valence-corrected chi connectivity index (χ1v) is 6.44. The first-order chi connectivity index (χ1) is 9.72. The summed E-state index contributed by atoms with van der Waals surface area (Å²) in [6.45, 7) is 2.75. The Balaban J connectivity index is 2.78. The molecular weight excluding hydrogens is 282 g/mol. The summed E-state index contributed by atoms with van der Waals surface area (Å²) < 4.78 is 5.08. The van der Waals surface area contributed by atoms with Crippen LogP contribution in [-0.4, -0.2) is 63.9 Å². The van der Waals surface area contributed by atoms with Crippen molar-refractivity contribution >= 4 is 17.7 Å². The van der Waals surface area contributed by atoms with Gasteiger partial charge in [0.05, 0.1) is 18.8 Å². The predicted molar refractivity (Wildman–Crippen MR) is 70.4 cm³/mol. The number of nitrogens with one attached hydrogen (secondary N) is 1. The maximum Gasteiger partial charge on any atom is 0.332 e. The van der Waals surface area contributed by atoms with E-state index >= 15 is 0 Å². The van der Waals surface area contributed by atoms with Crippen LogP contribution >= 0.6 is 0 Å². The van der Waals surface area contributed by atoms with Crippen molar-refractivity contribution in [1.82, 2.24) is 5.32 Å². The highest BCUT2D eigenvalue weighted by Gasteiger charge is 2.37. The van der Waals surface area contributed by atoms with Crippen LogP contribution in [0, 0.1) is 0 Å². The van der Waals surface area contributed by atoms with Gasteiger partial charge in [0, 0.05) is 18.1 Å². The third-order valence-electron chi connectivity index (χ3n) is 3.12. The normalized spacial score (nSPS) is 29.8. The molecule has 0 saturated carbocycles. The van der Waals surface area contributed by atoms with E-state index in [1.807, 2.05) is 0 Å². The molecule has 0 bridgehead atoms. The van der Waals surface area contributed by atoms with E-state index in [1.54, 1.807) is 6.92 Å². The molecule has 1 rings (SSSR count). The van der Waals surface area contributed by atoms with Crippen LogP contribution in [0.5, 0.6) is 0 Å². The molecule has 0 aromatic rings. The molecule has 0 aromatic carbocycles. The molecular formula is C13H19NO7. The van der Waals surface area contributed by atoms with Gasteiger partial charge in [0.25, 0.3) is 0 Å². The van der Waals surface area contributed by atoms with Gasteiger partial charge in [-0.05, 0) is 13.8 Å². The van der Waals surface area contributed by atoms with E-state index in [0.29, 0.717) is 0 Å². The standard InChI is InChI=1S/C13H19NO7/c1-6(15)3-8(13(19)20)4-10(17)14-11-9(16)5-21-7(2)12(11)18/h4,7,9,11-12,16,18H,3,5H2,1-2H3,(H,14,17)(H,19,20)/b8-4-. The van der Waals surface area contributed by atoms with Gasteiger partial charge in [0.15, 0.2) is 0 Å². The third kappa shape index (κ3) is 4.92. The van der Waals surface area contributed by atoms with E-state index < -0.39 is 42.0 Å². The molecule has 0 radical (unpaired) electrons. The summed E-state index contributed by atoms with van der Waals surface area (Å²) in [6, 6.07) is -0.968. The highest BCUT2D eigenvalue weighted by molar-refractivity contribution is 6.01. The minimum atomic E-state index is -1.37. The number of ether oxygens (including phenoxy) is 1. The molecule has 0 aliphatic carbocycles. The Labute approximate surface area is 121 Å². The molecule has 8 heteroatoms. The Bertz CT molecular complexity index is 459. The molecule has 118 valence electrons. The Morgan fingerprint density at radius 1 is 1.33 bits per heavy atom. The first-order valence-electron chi connectivity index (χ1n) is 6.44. The van der Waals surface area contributed by atoms with Crippen LogP contribution in [0.2, 0.25) is 0 Å². The van der Waals surface area contributed by atoms with Crippen LogP contribution in [0.4, 0.5) is 0 Å². The number of carboxylic acids is 1. The van der Waals surface area contributed by atoms with E-state index in [-0.39, 0.29) is 18.6 Å². The maximum atomic E-state index is 11.8. The molecule has 4 unspecified atom stereocenters. The number of hydrogen-bond donors (Lipinski definition) is 4. The van der Waals surface area contributed by atoms with Crippen molar-refractivity contribution in [3.05, 3.63) is 11.6 Å². The van der Waals surface area contributed by atoms with Crippen molar-refractivity contribution in [2.75, 3.05) is 6.61 Å². The highest BCUT2D eigenvalue weighted by Crippen LogP contribution is 2.15. The zero-order chi connectivity index (χ0) is 16.2. The lowest BCUT2D eigenvalue weighted by molar-refractivity contribution is -0.143. The monoisotopic (exact) mass is 301 g/mol. The SMILES string of the molecule is CC(=O)C/C(=C/C(=O)NC1C(O)COC(C)C1O)C(=O)O. The van der Waals surface area contributed by atoms with Crippen molar-refractivity contribution in [2.24, 2.45) is 0 Å². The lowest BCUT2D eigenvalue weighted by Gasteiger charge is -2.36. The largest absolute Gasteiger partial charge is 0.478 e. The molecule has 0 aromatic heterocycles. The Hall–Kier alpha value is -1.77. The molecule has 4 N–H and O–H groups in total. The smallest absolute Gasteiger partial charge is 0.332 e. The number of carbonyl (C=O) groups excluding carboxylic acids is 2. The number of carbonyl (C=O) groups is 3. The lowest BCUT2D eigenvalue weighted by Crippen LogP contribution is -2.59. The van der Waals surface area contributed by atoms with Crippen LogP contribution in [0.1, 0.15) is 20.3 Å². The van der Waals surface area contributed by atoms with E-state index in [1.165, 1.54) is 6.92 Å². The summed E-state index contributed by atoms with van der Waals surface area (Å²) in [4.78, 5) is 33.6. The van der Waals surface area contributed by atoms with Crippen LogP contribution in [0.25, 0.3) is 0 Å². The number of ketones is 1. The quantitative estimate of drug-likeness (QED) is 0.459. The van der Waals surface area contributed by atoms with Gasteiger partial charge in [-0.1, -0.05) is 0 Å². The van der Waals surface area contributed by atoms with E-state index in [2.05, 4.69) is 5.32 Å². The summed E-state index contributed by atoms with van der Waals surface area (Å²) in [5, 5.41) is 30.8. The van der Waals surface area contributed by atoms with Crippen molar-refractivity contribution < 1.29 is 34.4 Å². The molecule has 1 amide bonds. The molecule has 1 aliphatic heterocycles. The van der Waals surface area contributed by atoms with Crippen LogP contribution in [-0.2, 0) is 19.1 Å². The Kier molecular flexibility index (Phi) is 6.01. The molecule has 1 fully saturated rings. The summed E-state index contributed by atoms with van der Waals surface area (Å²) in [5.41, 5.74) is -0.357. The number of rotatable bonds is 5. The molecule has 1 saturated heterocycles. The van der Waals surface area contributed by atoms with Gasteiger partial charge in [-0.3, -0.25) is 9.59 Å². The summed E-state index contributed by atoms with van der Waals surface area (Å²) in [7, 11) is 0. The molecule has 0 spiro atoms. The van der Waals surface area contributed by atoms with Crippen LogP contribution in [0.15, 0.2) is 11.6 Å². The van der Waals surface area contributed by atoms with Gasteiger partial charge in [-0.2, -0.15) is 0 Å². The minimum absolute atomic E-state index is 0.0495. The number of hydrogen-bond acceptors (Lipinski definition) is 6. The second-order valence-corrected chi connectivity index (χ2v) is 4.98. The van der Waals surface area contributed by atoms with Crippen molar-refractivity contribution in [3.8, 4) is 0 Å². The van der Waals surface area contributed by atoms with Crippen LogP contribution < -0.4 is 5.32 Å². The number of aliphatic hydroxyl groups excluding tert-OH is 2. The average Bonchev–Trinajstić information content (AvgIpc) is 2.38. The second-order valence-electron chi connectivity index (χ2n) is 4.98. The maximum absolute atomic E-state index is 11.8. The van der Waals surface area contributed by atoms with Gasteiger partial charge < -0.3 is 25.4 Å². The third-order valence-corrected chi connectivity index (χ3v) is 3.12. The summed E-state index contributed by atoms with van der Waals surface area (Å²) >= 11 is 0. The van der Waals surface area contributed by atoms with Crippen molar-refractivity contribution in [1.29, 1.82) is 0 Å². The van der Waals surface area contributed by atoms with Gasteiger partial charge in [0.2, 0.25) is 5.91 Å². The topological polar surface area (TPSA) is 133 Å². The molecule has 4 atom stereocenters. The molecule has 21 heavy (non-hydrogen) atoms.